The van der Waals surface area contributed by atoms with Crippen LogP contribution in [0.25, 0.3) is 6.08 Å². The summed E-state index contributed by atoms with van der Waals surface area (Å²) in [5, 5.41) is 3.42. The SMILES string of the molecule is COc1ccc(/C=C/CCNCC(C)C)c(OC)c1Br. The lowest BCUT2D eigenvalue weighted by Crippen LogP contribution is -2.20. The first-order chi connectivity index (χ1) is 9.60. The molecule has 0 aliphatic rings. The highest BCUT2D eigenvalue weighted by atomic mass is 79.9. The fourth-order valence-electron chi connectivity index (χ4n) is 1.84. The standard InChI is InChI=1S/C16H24BrNO2/c1-12(2)11-18-10-6-5-7-13-8-9-14(19-3)15(17)16(13)20-4/h5,7-9,12,18H,6,10-11H2,1-4H3/b7-5+. The van der Waals surface area contributed by atoms with E-state index < -0.39 is 0 Å². The van der Waals surface area contributed by atoms with Crippen LogP contribution in [-0.2, 0) is 0 Å². The number of nitrogens with one attached hydrogen (secondary N) is 1. The molecule has 0 atom stereocenters. The fourth-order valence-corrected chi connectivity index (χ4v) is 2.52. The van der Waals surface area contributed by atoms with Crippen molar-refractivity contribution in [1.29, 1.82) is 0 Å². The third-order valence-corrected chi connectivity index (χ3v) is 3.60. The van der Waals surface area contributed by atoms with Gasteiger partial charge < -0.3 is 14.8 Å². The largest absolute Gasteiger partial charge is 0.495 e. The van der Waals surface area contributed by atoms with Crippen molar-refractivity contribution in [3.05, 3.63) is 28.2 Å². The van der Waals surface area contributed by atoms with Crippen LogP contribution in [0.2, 0.25) is 0 Å². The summed E-state index contributed by atoms with van der Waals surface area (Å²) in [5.74, 6) is 2.27. The molecule has 0 spiro atoms. The van der Waals surface area contributed by atoms with Crippen LogP contribution < -0.4 is 14.8 Å². The minimum atomic E-state index is 0.691. The molecule has 1 aromatic rings. The van der Waals surface area contributed by atoms with E-state index >= 15 is 0 Å². The molecule has 0 aliphatic heterocycles. The van der Waals surface area contributed by atoms with Crippen LogP contribution in [0.4, 0.5) is 0 Å². The molecule has 0 radical (unpaired) electrons. The number of hydrogen-bond acceptors (Lipinski definition) is 3. The maximum atomic E-state index is 5.43. The second-order valence-electron chi connectivity index (χ2n) is 4.99. The van der Waals surface area contributed by atoms with E-state index in [9.17, 15) is 0 Å². The van der Waals surface area contributed by atoms with Gasteiger partial charge >= 0.3 is 0 Å². The highest BCUT2D eigenvalue weighted by Gasteiger charge is 2.10. The molecule has 4 heteroatoms. The maximum absolute atomic E-state index is 5.43. The van der Waals surface area contributed by atoms with Gasteiger partial charge in [0, 0.05) is 5.56 Å². The monoisotopic (exact) mass is 341 g/mol. The second-order valence-corrected chi connectivity index (χ2v) is 5.79. The van der Waals surface area contributed by atoms with Crippen LogP contribution in [0.1, 0.15) is 25.8 Å². The minimum absolute atomic E-state index is 0.691. The number of benzene rings is 1. The zero-order chi connectivity index (χ0) is 15.0. The van der Waals surface area contributed by atoms with Crippen LogP contribution >= 0.6 is 15.9 Å². The molecule has 0 heterocycles. The van der Waals surface area contributed by atoms with Crippen molar-refractivity contribution in [3.8, 4) is 11.5 Å². The molecule has 112 valence electrons. The lowest BCUT2D eigenvalue weighted by atomic mass is 10.1. The molecule has 0 saturated carbocycles. The smallest absolute Gasteiger partial charge is 0.144 e. The number of halogens is 1. The predicted octanol–water partition coefficient (Wildman–Crippen LogP) is 4.12. The van der Waals surface area contributed by atoms with Gasteiger partial charge in [0.05, 0.1) is 14.2 Å². The van der Waals surface area contributed by atoms with Crippen molar-refractivity contribution < 1.29 is 9.47 Å². The van der Waals surface area contributed by atoms with Crippen LogP contribution in [0.3, 0.4) is 0 Å². The molecule has 3 nitrogen and oxygen atoms in total. The van der Waals surface area contributed by atoms with E-state index in [1.54, 1.807) is 14.2 Å². The fraction of sp³-hybridized carbons (Fsp3) is 0.500. The Labute approximate surface area is 130 Å². The van der Waals surface area contributed by atoms with Crippen molar-refractivity contribution in [1.82, 2.24) is 5.32 Å². The zero-order valence-corrected chi connectivity index (χ0v) is 14.3. The molecule has 1 rings (SSSR count). The summed E-state index contributed by atoms with van der Waals surface area (Å²) >= 11 is 3.51. The summed E-state index contributed by atoms with van der Waals surface area (Å²) < 4.78 is 11.5. The quantitative estimate of drug-likeness (QED) is 0.721. The van der Waals surface area contributed by atoms with Gasteiger partial charge in [0.2, 0.25) is 0 Å². The van der Waals surface area contributed by atoms with E-state index in [-0.39, 0.29) is 0 Å². The molecule has 1 aromatic carbocycles. The maximum Gasteiger partial charge on any atom is 0.144 e. The molecule has 0 bridgehead atoms. The lowest BCUT2D eigenvalue weighted by molar-refractivity contribution is 0.389. The van der Waals surface area contributed by atoms with Gasteiger partial charge in [-0.05, 0) is 53.5 Å². The summed E-state index contributed by atoms with van der Waals surface area (Å²) in [4.78, 5) is 0. The van der Waals surface area contributed by atoms with E-state index in [0.717, 1.165) is 41.0 Å². The normalized spacial score (nSPS) is 11.3. The predicted molar refractivity (Wildman–Crippen MR) is 88.6 cm³/mol. The van der Waals surface area contributed by atoms with Crippen molar-refractivity contribution in [2.24, 2.45) is 5.92 Å². The lowest BCUT2D eigenvalue weighted by Gasteiger charge is -2.11. The van der Waals surface area contributed by atoms with Gasteiger partial charge in [-0.3, -0.25) is 0 Å². The summed E-state index contributed by atoms with van der Waals surface area (Å²) in [6.07, 6.45) is 5.24. The molecule has 20 heavy (non-hydrogen) atoms. The van der Waals surface area contributed by atoms with Gasteiger partial charge in [-0.1, -0.05) is 26.0 Å². The Morgan fingerprint density at radius 3 is 2.60 bits per heavy atom. The highest BCUT2D eigenvalue weighted by Crippen LogP contribution is 2.37. The van der Waals surface area contributed by atoms with E-state index in [1.807, 2.05) is 12.1 Å². The van der Waals surface area contributed by atoms with Crippen LogP contribution in [0.15, 0.2) is 22.7 Å². The highest BCUT2D eigenvalue weighted by molar-refractivity contribution is 9.10. The Morgan fingerprint density at radius 2 is 2.00 bits per heavy atom. The zero-order valence-electron chi connectivity index (χ0n) is 12.7. The number of methoxy groups -OCH3 is 2. The van der Waals surface area contributed by atoms with Crippen molar-refractivity contribution in [2.45, 2.75) is 20.3 Å². The number of ether oxygens (including phenoxy) is 2. The minimum Gasteiger partial charge on any atom is -0.495 e. The molecule has 1 N–H and O–H groups in total. The van der Waals surface area contributed by atoms with Crippen molar-refractivity contribution >= 4 is 22.0 Å². The summed E-state index contributed by atoms with van der Waals surface area (Å²) in [7, 11) is 3.32. The number of rotatable bonds is 8. The average Bonchev–Trinajstić information content (AvgIpc) is 2.42. The first kappa shape index (κ1) is 17.1. The van der Waals surface area contributed by atoms with Gasteiger partial charge in [-0.2, -0.15) is 0 Å². The van der Waals surface area contributed by atoms with E-state index in [4.69, 9.17) is 9.47 Å². The Morgan fingerprint density at radius 1 is 1.25 bits per heavy atom. The van der Waals surface area contributed by atoms with Crippen molar-refractivity contribution in [2.75, 3.05) is 27.3 Å². The van der Waals surface area contributed by atoms with Gasteiger partial charge in [-0.15, -0.1) is 0 Å². The van der Waals surface area contributed by atoms with Gasteiger partial charge in [-0.25, -0.2) is 0 Å². The summed E-state index contributed by atoms with van der Waals surface area (Å²) in [6.45, 7) is 6.48. The van der Waals surface area contributed by atoms with Crippen LogP contribution in [0, 0.1) is 5.92 Å². The molecule has 0 saturated heterocycles. The molecule has 0 aliphatic carbocycles. The topological polar surface area (TPSA) is 30.5 Å². The average molecular weight is 342 g/mol. The van der Waals surface area contributed by atoms with Crippen LogP contribution in [0.5, 0.6) is 11.5 Å². The Hall–Kier alpha value is -1.00. The molecular formula is C16H24BrNO2. The van der Waals surface area contributed by atoms with E-state index in [0.29, 0.717) is 5.92 Å². The Balaban J connectivity index is 2.61. The Kier molecular flexibility index (Phi) is 7.70. The first-order valence-electron chi connectivity index (χ1n) is 6.87. The van der Waals surface area contributed by atoms with E-state index in [2.05, 4.69) is 47.2 Å². The van der Waals surface area contributed by atoms with E-state index in [1.165, 1.54) is 0 Å². The van der Waals surface area contributed by atoms with Gasteiger partial charge in [0.25, 0.3) is 0 Å². The Bertz CT molecular complexity index is 444. The molecular weight excluding hydrogens is 318 g/mol. The third-order valence-electron chi connectivity index (χ3n) is 2.85. The third kappa shape index (κ3) is 5.17. The van der Waals surface area contributed by atoms with Crippen molar-refractivity contribution in [3.63, 3.8) is 0 Å². The second kappa shape index (κ2) is 9.03. The van der Waals surface area contributed by atoms with Gasteiger partial charge in [0.1, 0.15) is 16.0 Å². The molecule has 0 amide bonds. The van der Waals surface area contributed by atoms with Crippen LogP contribution in [-0.4, -0.2) is 27.3 Å². The summed E-state index contributed by atoms with van der Waals surface area (Å²) in [5.41, 5.74) is 1.05. The molecule has 0 aromatic heterocycles. The summed E-state index contributed by atoms with van der Waals surface area (Å²) in [6, 6.07) is 3.93. The number of hydrogen-bond donors (Lipinski definition) is 1. The molecule has 0 unspecified atom stereocenters. The van der Waals surface area contributed by atoms with Gasteiger partial charge in [0.15, 0.2) is 0 Å². The molecule has 0 fully saturated rings. The first-order valence-corrected chi connectivity index (χ1v) is 7.67.